The van der Waals surface area contributed by atoms with E-state index in [9.17, 15) is 13.2 Å². The van der Waals surface area contributed by atoms with Gasteiger partial charge in [-0.15, -0.1) is 11.3 Å². The van der Waals surface area contributed by atoms with Crippen LogP contribution in [0.4, 0.5) is 10.8 Å². The lowest BCUT2D eigenvalue weighted by Crippen LogP contribution is -2.20. The number of carbonyl (C=O) groups excluding carboxylic acids is 1. The first kappa shape index (κ1) is 20.8. The molecule has 1 aromatic carbocycles. The minimum absolute atomic E-state index is 0.228. The zero-order chi connectivity index (χ0) is 21.3. The Kier molecular flexibility index (Phi) is 5.77. The summed E-state index contributed by atoms with van der Waals surface area (Å²) in [6, 6.07) is 9.18. The van der Waals surface area contributed by atoms with Crippen LogP contribution in [0.1, 0.15) is 31.4 Å². The SMILES string of the molecule is CC(C(=O)Nc1ccc(-c2cncc(Cl)c2)cc1)c1csc(NS(=O)(=O)C2CC2)n1. The second kappa shape index (κ2) is 8.33. The maximum atomic E-state index is 12.6. The van der Waals surface area contributed by atoms with Crippen LogP contribution in [0.2, 0.25) is 5.02 Å². The maximum absolute atomic E-state index is 12.6. The third kappa shape index (κ3) is 4.80. The quantitative estimate of drug-likeness (QED) is 0.538. The molecule has 0 radical (unpaired) electrons. The number of nitrogens with zero attached hydrogens (tertiary/aromatic N) is 2. The number of thiazole rings is 1. The van der Waals surface area contributed by atoms with Gasteiger partial charge in [-0.3, -0.25) is 14.5 Å². The van der Waals surface area contributed by atoms with Crippen LogP contribution in [-0.4, -0.2) is 29.5 Å². The highest BCUT2D eigenvalue weighted by molar-refractivity contribution is 7.93. The van der Waals surface area contributed by atoms with Crippen LogP contribution in [0, 0.1) is 0 Å². The fourth-order valence-corrected chi connectivity index (χ4v) is 5.39. The van der Waals surface area contributed by atoms with Gasteiger partial charge >= 0.3 is 0 Å². The predicted octanol–water partition coefficient (Wildman–Crippen LogP) is 4.50. The Morgan fingerprint density at radius 3 is 2.60 bits per heavy atom. The van der Waals surface area contributed by atoms with E-state index in [2.05, 4.69) is 20.0 Å². The lowest BCUT2D eigenvalue weighted by atomic mass is 10.1. The summed E-state index contributed by atoms with van der Waals surface area (Å²) in [6.45, 7) is 1.73. The van der Waals surface area contributed by atoms with E-state index >= 15 is 0 Å². The highest BCUT2D eigenvalue weighted by Crippen LogP contribution is 2.31. The Morgan fingerprint density at radius 1 is 1.20 bits per heavy atom. The average molecular weight is 463 g/mol. The number of pyridine rings is 1. The molecule has 1 atom stereocenters. The molecule has 4 rings (SSSR count). The molecule has 1 fully saturated rings. The monoisotopic (exact) mass is 462 g/mol. The molecule has 1 aliphatic carbocycles. The number of rotatable bonds is 7. The van der Waals surface area contributed by atoms with E-state index in [4.69, 9.17) is 11.6 Å². The number of benzene rings is 1. The molecule has 10 heteroatoms. The van der Waals surface area contributed by atoms with Gasteiger partial charge in [-0.05, 0) is 43.5 Å². The fraction of sp³-hybridized carbons (Fsp3) is 0.250. The van der Waals surface area contributed by atoms with Crippen molar-refractivity contribution in [3.63, 3.8) is 0 Å². The number of sulfonamides is 1. The molecule has 0 spiro atoms. The summed E-state index contributed by atoms with van der Waals surface area (Å²) in [5.41, 5.74) is 2.99. The highest BCUT2D eigenvalue weighted by Gasteiger charge is 2.36. The van der Waals surface area contributed by atoms with Crippen molar-refractivity contribution in [3.8, 4) is 11.1 Å². The molecule has 1 saturated carbocycles. The molecule has 1 amide bonds. The van der Waals surface area contributed by atoms with E-state index in [0.29, 0.717) is 29.2 Å². The van der Waals surface area contributed by atoms with Crippen molar-refractivity contribution in [1.82, 2.24) is 9.97 Å². The normalized spacial score (nSPS) is 14.9. The molecule has 30 heavy (non-hydrogen) atoms. The Morgan fingerprint density at radius 2 is 1.93 bits per heavy atom. The molecule has 0 aliphatic heterocycles. The third-order valence-electron chi connectivity index (χ3n) is 4.74. The number of nitrogens with one attached hydrogen (secondary N) is 2. The molecule has 0 saturated heterocycles. The topological polar surface area (TPSA) is 101 Å². The summed E-state index contributed by atoms with van der Waals surface area (Å²) in [4.78, 5) is 21.0. The van der Waals surface area contributed by atoms with E-state index in [1.165, 1.54) is 11.3 Å². The van der Waals surface area contributed by atoms with Gasteiger partial charge in [0.05, 0.1) is 21.9 Å². The minimum Gasteiger partial charge on any atom is -0.326 e. The van der Waals surface area contributed by atoms with Gasteiger partial charge in [-0.1, -0.05) is 23.7 Å². The van der Waals surface area contributed by atoms with Gasteiger partial charge in [0.1, 0.15) is 0 Å². The Bertz CT molecular complexity index is 1170. The van der Waals surface area contributed by atoms with Crippen molar-refractivity contribution in [2.45, 2.75) is 30.9 Å². The van der Waals surface area contributed by atoms with E-state index in [-0.39, 0.29) is 16.3 Å². The average Bonchev–Trinajstić information content (AvgIpc) is 3.49. The summed E-state index contributed by atoms with van der Waals surface area (Å²) in [6.07, 6.45) is 4.65. The van der Waals surface area contributed by atoms with Crippen LogP contribution in [0.15, 0.2) is 48.1 Å². The number of carbonyl (C=O) groups is 1. The second-order valence-electron chi connectivity index (χ2n) is 7.10. The van der Waals surface area contributed by atoms with Crippen LogP contribution in [0.3, 0.4) is 0 Å². The van der Waals surface area contributed by atoms with Crippen LogP contribution in [-0.2, 0) is 14.8 Å². The van der Waals surface area contributed by atoms with E-state index in [1.807, 2.05) is 18.2 Å². The van der Waals surface area contributed by atoms with Gasteiger partial charge in [0, 0.05) is 29.0 Å². The molecule has 2 N–H and O–H groups in total. The first-order valence-electron chi connectivity index (χ1n) is 9.31. The number of halogens is 1. The molecule has 7 nitrogen and oxygen atoms in total. The molecule has 2 aromatic heterocycles. The first-order valence-corrected chi connectivity index (χ1v) is 12.1. The first-order chi connectivity index (χ1) is 14.3. The fourth-order valence-electron chi connectivity index (χ4n) is 2.82. The van der Waals surface area contributed by atoms with Gasteiger partial charge in [-0.2, -0.15) is 0 Å². The molecule has 0 bridgehead atoms. The van der Waals surface area contributed by atoms with Crippen LogP contribution >= 0.6 is 22.9 Å². The summed E-state index contributed by atoms with van der Waals surface area (Å²) in [7, 11) is -3.37. The van der Waals surface area contributed by atoms with Gasteiger partial charge in [0.15, 0.2) is 5.13 Å². The number of aromatic nitrogens is 2. The largest absolute Gasteiger partial charge is 0.326 e. The molecule has 1 aliphatic rings. The number of hydrogen-bond acceptors (Lipinski definition) is 6. The van der Waals surface area contributed by atoms with Crippen LogP contribution in [0.5, 0.6) is 0 Å². The summed E-state index contributed by atoms with van der Waals surface area (Å²) >= 11 is 7.16. The Balaban J connectivity index is 1.40. The van der Waals surface area contributed by atoms with Gasteiger partial charge in [0.2, 0.25) is 15.9 Å². The standard InChI is InChI=1S/C20H19ClN4O3S2/c1-12(18-11-29-20(24-18)25-30(27,28)17-6-7-17)19(26)23-16-4-2-13(3-5-16)14-8-15(21)10-22-9-14/h2-5,8-12,17H,6-7H2,1H3,(H,23,26)(H,24,25). The van der Waals surface area contributed by atoms with E-state index in [1.54, 1.807) is 36.8 Å². The van der Waals surface area contributed by atoms with Crippen molar-refractivity contribution in [2.24, 2.45) is 0 Å². The lowest BCUT2D eigenvalue weighted by molar-refractivity contribution is -0.117. The van der Waals surface area contributed by atoms with Crippen molar-refractivity contribution in [3.05, 3.63) is 58.8 Å². The van der Waals surface area contributed by atoms with Gasteiger partial charge < -0.3 is 5.32 Å². The van der Waals surface area contributed by atoms with Gasteiger partial charge in [-0.25, -0.2) is 13.4 Å². The molecule has 3 aromatic rings. The minimum atomic E-state index is -3.37. The van der Waals surface area contributed by atoms with Crippen molar-refractivity contribution in [1.29, 1.82) is 0 Å². The molecule has 1 unspecified atom stereocenters. The van der Waals surface area contributed by atoms with E-state index < -0.39 is 15.9 Å². The lowest BCUT2D eigenvalue weighted by Gasteiger charge is -2.11. The van der Waals surface area contributed by atoms with Crippen molar-refractivity contribution in [2.75, 3.05) is 10.0 Å². The Labute approximate surface area is 183 Å². The number of amides is 1. The van der Waals surface area contributed by atoms with E-state index in [0.717, 1.165) is 11.1 Å². The molecular formula is C20H19ClN4O3S2. The van der Waals surface area contributed by atoms with Crippen LogP contribution in [0.25, 0.3) is 11.1 Å². The zero-order valence-electron chi connectivity index (χ0n) is 16.0. The zero-order valence-corrected chi connectivity index (χ0v) is 18.4. The molecular weight excluding hydrogens is 444 g/mol. The van der Waals surface area contributed by atoms with Crippen molar-refractivity contribution < 1.29 is 13.2 Å². The summed E-state index contributed by atoms with van der Waals surface area (Å²) < 4.78 is 26.6. The van der Waals surface area contributed by atoms with Crippen molar-refractivity contribution >= 4 is 49.7 Å². The summed E-state index contributed by atoms with van der Waals surface area (Å²) in [5, 5.41) is 5.08. The van der Waals surface area contributed by atoms with Gasteiger partial charge in [0.25, 0.3) is 0 Å². The smallest absolute Gasteiger partial charge is 0.237 e. The number of hydrogen-bond donors (Lipinski definition) is 2. The molecule has 2 heterocycles. The highest BCUT2D eigenvalue weighted by atomic mass is 35.5. The maximum Gasteiger partial charge on any atom is 0.237 e. The Hall–Kier alpha value is -2.49. The second-order valence-corrected chi connectivity index (χ2v) is 10.4. The van der Waals surface area contributed by atoms with Crippen LogP contribution < -0.4 is 10.0 Å². The number of anilines is 2. The third-order valence-corrected chi connectivity index (χ3v) is 7.68. The molecule has 156 valence electrons. The predicted molar refractivity (Wildman–Crippen MR) is 119 cm³/mol. The summed E-state index contributed by atoms with van der Waals surface area (Å²) in [5.74, 6) is -0.758.